The molecule has 4 aromatic rings. The Morgan fingerprint density at radius 2 is 1.94 bits per heavy atom. The lowest BCUT2D eigenvalue weighted by Gasteiger charge is -2.34. The van der Waals surface area contributed by atoms with E-state index in [1.165, 1.54) is 4.88 Å². The van der Waals surface area contributed by atoms with Crippen molar-refractivity contribution in [3.8, 4) is 0 Å². The van der Waals surface area contributed by atoms with Crippen molar-refractivity contribution in [2.24, 2.45) is 5.92 Å². The summed E-state index contributed by atoms with van der Waals surface area (Å²) in [6, 6.07) is 12.3. The molecule has 0 radical (unpaired) electrons. The molecule has 8 heteroatoms. The van der Waals surface area contributed by atoms with E-state index in [-0.39, 0.29) is 23.1 Å². The van der Waals surface area contributed by atoms with Gasteiger partial charge in [0.05, 0.1) is 11.6 Å². The molecule has 174 valence electrons. The molecule has 3 heterocycles. The highest BCUT2D eigenvalue weighted by Gasteiger charge is 2.33. The van der Waals surface area contributed by atoms with E-state index < -0.39 is 0 Å². The van der Waals surface area contributed by atoms with Crippen LogP contribution in [0.5, 0.6) is 0 Å². The molecule has 1 N–H and O–H groups in total. The van der Waals surface area contributed by atoms with E-state index >= 15 is 0 Å². The fourth-order valence-corrected chi connectivity index (χ4v) is 5.02. The highest BCUT2D eigenvalue weighted by atomic mass is 32.1. The molecule has 0 bridgehead atoms. The molecule has 1 atom stereocenters. The molecule has 4 rings (SSSR count). The van der Waals surface area contributed by atoms with E-state index in [1.807, 2.05) is 23.7 Å². The Morgan fingerprint density at radius 3 is 2.61 bits per heavy atom. The summed E-state index contributed by atoms with van der Waals surface area (Å²) in [5, 5.41) is 15.9. The standard InChI is InChI=1S/C25H32N6OS/c1-16(2)22(23-27-28-29-31(23)25(4,5)6)30(15-20-8-7-11-33-20)14-19-13-18-10-9-17(3)12-21(18)26-24(19)32/h7-13,16,22H,14-15H2,1-6H3,(H,26,32). The van der Waals surface area contributed by atoms with Crippen LogP contribution in [0.1, 0.15) is 62.5 Å². The molecule has 0 fully saturated rings. The van der Waals surface area contributed by atoms with Gasteiger partial charge in [0.25, 0.3) is 5.56 Å². The Morgan fingerprint density at radius 1 is 1.15 bits per heavy atom. The number of aryl methyl sites for hydroxylation is 1. The number of tetrazole rings is 1. The van der Waals surface area contributed by atoms with Crippen LogP contribution in [0.4, 0.5) is 0 Å². The lowest BCUT2D eigenvalue weighted by molar-refractivity contribution is 0.121. The van der Waals surface area contributed by atoms with E-state index in [9.17, 15) is 4.79 Å². The third-order valence-corrected chi connectivity index (χ3v) is 6.67. The minimum Gasteiger partial charge on any atom is -0.322 e. The zero-order valence-corrected chi connectivity index (χ0v) is 21.0. The lowest BCUT2D eigenvalue weighted by atomic mass is 9.99. The van der Waals surface area contributed by atoms with Crippen LogP contribution in [-0.2, 0) is 18.6 Å². The highest BCUT2D eigenvalue weighted by Crippen LogP contribution is 2.32. The predicted octanol–water partition coefficient (Wildman–Crippen LogP) is 5.04. The van der Waals surface area contributed by atoms with Gasteiger partial charge in [0.1, 0.15) is 0 Å². The van der Waals surface area contributed by atoms with Gasteiger partial charge < -0.3 is 4.98 Å². The molecular weight excluding hydrogens is 432 g/mol. The number of fused-ring (bicyclic) bond motifs is 1. The fraction of sp³-hybridized carbons (Fsp3) is 0.440. The van der Waals surface area contributed by atoms with Crippen LogP contribution in [0.2, 0.25) is 0 Å². The third kappa shape index (κ3) is 5.07. The Kier molecular flexibility index (Phi) is 6.50. The number of H-pyrrole nitrogens is 1. The van der Waals surface area contributed by atoms with Crippen molar-refractivity contribution in [3.63, 3.8) is 0 Å². The van der Waals surface area contributed by atoms with Crippen LogP contribution in [0.15, 0.2) is 46.6 Å². The number of aromatic amines is 1. The van der Waals surface area contributed by atoms with Crippen LogP contribution in [-0.4, -0.2) is 30.1 Å². The molecule has 0 spiro atoms. The van der Waals surface area contributed by atoms with Gasteiger partial charge in [0.2, 0.25) is 0 Å². The number of hydrogen-bond acceptors (Lipinski definition) is 6. The molecule has 1 unspecified atom stereocenters. The largest absolute Gasteiger partial charge is 0.322 e. The van der Waals surface area contributed by atoms with Crippen molar-refractivity contribution in [1.82, 2.24) is 30.1 Å². The maximum absolute atomic E-state index is 13.1. The quantitative estimate of drug-likeness (QED) is 0.414. The summed E-state index contributed by atoms with van der Waals surface area (Å²) in [6.07, 6.45) is 0. The van der Waals surface area contributed by atoms with Crippen molar-refractivity contribution in [2.75, 3.05) is 0 Å². The maximum Gasteiger partial charge on any atom is 0.252 e. The Balaban J connectivity index is 1.79. The van der Waals surface area contributed by atoms with Crippen molar-refractivity contribution >= 4 is 22.2 Å². The first kappa shape index (κ1) is 23.3. The van der Waals surface area contributed by atoms with E-state index in [1.54, 1.807) is 11.3 Å². The number of nitrogens with one attached hydrogen (secondary N) is 1. The summed E-state index contributed by atoms with van der Waals surface area (Å²) in [4.78, 5) is 19.7. The van der Waals surface area contributed by atoms with Gasteiger partial charge in [-0.3, -0.25) is 9.69 Å². The van der Waals surface area contributed by atoms with Crippen molar-refractivity contribution in [1.29, 1.82) is 0 Å². The Bertz CT molecular complexity index is 1280. The molecule has 0 aliphatic heterocycles. The summed E-state index contributed by atoms with van der Waals surface area (Å²) < 4.78 is 1.91. The summed E-state index contributed by atoms with van der Waals surface area (Å²) in [5.41, 5.74) is 2.43. The van der Waals surface area contributed by atoms with Crippen molar-refractivity contribution < 1.29 is 0 Å². The summed E-state index contributed by atoms with van der Waals surface area (Å²) >= 11 is 1.72. The fourth-order valence-electron chi connectivity index (χ4n) is 4.29. The van der Waals surface area contributed by atoms with Gasteiger partial charge >= 0.3 is 0 Å². The average molecular weight is 465 g/mol. The molecule has 0 aliphatic carbocycles. The second kappa shape index (κ2) is 9.19. The van der Waals surface area contributed by atoms with E-state index in [2.05, 4.69) is 89.7 Å². The molecule has 3 aromatic heterocycles. The maximum atomic E-state index is 13.1. The minimum atomic E-state index is -0.251. The Hall–Kier alpha value is -2.84. The number of benzene rings is 1. The second-order valence-corrected chi connectivity index (χ2v) is 11.0. The van der Waals surface area contributed by atoms with Gasteiger partial charge in [0, 0.05) is 29.0 Å². The second-order valence-electron chi connectivity index (χ2n) is 10.0. The minimum absolute atomic E-state index is 0.0535. The van der Waals surface area contributed by atoms with Gasteiger partial charge in [-0.05, 0) is 78.6 Å². The van der Waals surface area contributed by atoms with E-state index in [0.29, 0.717) is 13.1 Å². The summed E-state index contributed by atoms with van der Waals surface area (Å²) in [7, 11) is 0. The van der Waals surface area contributed by atoms with Crippen LogP contribution in [0.3, 0.4) is 0 Å². The van der Waals surface area contributed by atoms with Gasteiger partial charge in [-0.1, -0.05) is 32.0 Å². The van der Waals surface area contributed by atoms with Crippen molar-refractivity contribution in [2.45, 2.75) is 66.2 Å². The average Bonchev–Trinajstić information content (AvgIpc) is 3.40. The Labute approximate surface area is 198 Å². The van der Waals surface area contributed by atoms with Crippen LogP contribution >= 0.6 is 11.3 Å². The summed E-state index contributed by atoms with van der Waals surface area (Å²) in [5.74, 6) is 1.06. The molecular formula is C25H32N6OS. The third-order valence-electron chi connectivity index (χ3n) is 5.81. The van der Waals surface area contributed by atoms with E-state index in [0.717, 1.165) is 27.9 Å². The number of rotatable bonds is 7. The van der Waals surface area contributed by atoms with Crippen LogP contribution < -0.4 is 5.56 Å². The van der Waals surface area contributed by atoms with Gasteiger partial charge in [0.15, 0.2) is 5.82 Å². The first-order valence-corrected chi connectivity index (χ1v) is 12.2. The predicted molar refractivity (Wildman–Crippen MR) is 133 cm³/mol. The van der Waals surface area contributed by atoms with Gasteiger partial charge in [-0.25, -0.2) is 4.68 Å². The monoisotopic (exact) mass is 464 g/mol. The smallest absolute Gasteiger partial charge is 0.252 e. The zero-order chi connectivity index (χ0) is 23.8. The molecule has 33 heavy (non-hydrogen) atoms. The number of thiophene rings is 1. The molecule has 0 saturated carbocycles. The topological polar surface area (TPSA) is 79.7 Å². The van der Waals surface area contributed by atoms with Crippen LogP contribution in [0.25, 0.3) is 10.9 Å². The zero-order valence-electron chi connectivity index (χ0n) is 20.2. The van der Waals surface area contributed by atoms with Crippen molar-refractivity contribution in [3.05, 3.63) is 74.0 Å². The number of aromatic nitrogens is 5. The normalized spacial score (nSPS) is 13.3. The highest BCUT2D eigenvalue weighted by molar-refractivity contribution is 7.09. The molecule has 0 saturated heterocycles. The lowest BCUT2D eigenvalue weighted by Crippen LogP contribution is -2.37. The SMILES string of the molecule is Cc1ccc2cc(CN(Cc3cccs3)C(c3nnnn3C(C)(C)C)C(C)C)c(=O)[nH]c2c1. The number of nitrogens with zero attached hydrogens (tertiary/aromatic N) is 5. The first-order chi connectivity index (χ1) is 15.6. The first-order valence-electron chi connectivity index (χ1n) is 11.3. The molecule has 0 aliphatic rings. The van der Waals surface area contributed by atoms with Crippen LogP contribution in [0, 0.1) is 12.8 Å². The van der Waals surface area contributed by atoms with E-state index in [4.69, 9.17) is 0 Å². The molecule has 0 amide bonds. The molecule has 1 aromatic carbocycles. The molecule has 7 nitrogen and oxygen atoms in total. The summed E-state index contributed by atoms with van der Waals surface area (Å²) in [6.45, 7) is 13.9. The number of pyridine rings is 1. The number of hydrogen-bond donors (Lipinski definition) is 1. The van der Waals surface area contributed by atoms with Gasteiger partial charge in [-0.2, -0.15) is 0 Å². The van der Waals surface area contributed by atoms with Gasteiger partial charge in [-0.15, -0.1) is 16.4 Å².